The molecule has 1 aromatic heterocycles. The van der Waals surface area contributed by atoms with Gasteiger partial charge in [0.2, 0.25) is 0 Å². The molecule has 6 heteroatoms. The second kappa shape index (κ2) is 6.16. The highest BCUT2D eigenvalue weighted by molar-refractivity contribution is 4.96. The Morgan fingerprint density at radius 1 is 1.42 bits per heavy atom. The Morgan fingerprint density at radius 3 is 2.95 bits per heavy atom. The van der Waals surface area contributed by atoms with Gasteiger partial charge in [0.15, 0.2) is 0 Å². The van der Waals surface area contributed by atoms with Gasteiger partial charge in [0.1, 0.15) is 0 Å². The predicted octanol–water partition coefficient (Wildman–Crippen LogP) is -0.0442. The molecule has 1 saturated heterocycles. The second-order valence-electron chi connectivity index (χ2n) is 5.08. The Hall–Kier alpha value is -1.40. The van der Waals surface area contributed by atoms with Gasteiger partial charge in [0.05, 0.1) is 6.10 Å². The minimum Gasteiger partial charge on any atom is -0.377 e. The zero-order chi connectivity index (χ0) is 13.8. The molecule has 0 radical (unpaired) electrons. The van der Waals surface area contributed by atoms with E-state index in [0.29, 0.717) is 18.8 Å². The van der Waals surface area contributed by atoms with Gasteiger partial charge in [0, 0.05) is 44.5 Å². The fraction of sp³-hybridized carbons (Fsp3) is 0.692. The topological polar surface area (TPSA) is 67.3 Å². The van der Waals surface area contributed by atoms with E-state index < -0.39 is 0 Å². The summed E-state index contributed by atoms with van der Waals surface area (Å²) in [5.74, 6) is 0. The first kappa shape index (κ1) is 14.0. The molecule has 1 aliphatic rings. The first-order chi connectivity index (χ1) is 9.06. The highest BCUT2D eigenvalue weighted by Gasteiger charge is 2.15. The predicted molar refractivity (Wildman–Crippen MR) is 72.5 cm³/mol. The number of hydrogen-bond acceptors (Lipinski definition) is 4. The molecular formula is C13H21N3O3. The lowest BCUT2D eigenvalue weighted by Crippen LogP contribution is -2.40. The minimum absolute atomic E-state index is 0.204. The van der Waals surface area contributed by atoms with Crippen molar-refractivity contribution in [3.63, 3.8) is 0 Å². The third-order valence-electron chi connectivity index (χ3n) is 3.33. The number of H-pyrrole nitrogens is 1. The number of nitrogens with one attached hydrogen (secondary N) is 1. The first-order valence-corrected chi connectivity index (χ1v) is 6.71. The normalized spacial score (nSPS) is 21.3. The van der Waals surface area contributed by atoms with Crippen molar-refractivity contribution < 1.29 is 4.74 Å². The van der Waals surface area contributed by atoms with Crippen LogP contribution in [-0.2, 0) is 11.3 Å². The van der Waals surface area contributed by atoms with Crippen LogP contribution in [0.4, 0.5) is 0 Å². The van der Waals surface area contributed by atoms with E-state index in [-0.39, 0.29) is 17.4 Å². The molecule has 0 saturated carbocycles. The number of aryl methyl sites for hydroxylation is 1. The van der Waals surface area contributed by atoms with Crippen LogP contribution in [0.15, 0.2) is 15.7 Å². The van der Waals surface area contributed by atoms with Gasteiger partial charge in [-0.15, -0.1) is 0 Å². The van der Waals surface area contributed by atoms with E-state index in [9.17, 15) is 9.59 Å². The third-order valence-corrected chi connectivity index (χ3v) is 3.33. The van der Waals surface area contributed by atoms with Gasteiger partial charge < -0.3 is 9.72 Å². The van der Waals surface area contributed by atoms with Crippen molar-refractivity contribution in [1.82, 2.24) is 14.5 Å². The van der Waals surface area contributed by atoms with E-state index in [2.05, 4.69) is 9.88 Å². The van der Waals surface area contributed by atoms with Crippen molar-refractivity contribution >= 4 is 0 Å². The van der Waals surface area contributed by atoms with Crippen LogP contribution in [0, 0.1) is 6.92 Å². The molecule has 0 amide bonds. The van der Waals surface area contributed by atoms with Gasteiger partial charge in [-0.1, -0.05) is 0 Å². The summed E-state index contributed by atoms with van der Waals surface area (Å²) in [5, 5.41) is 0. The SMILES string of the molecule is Cc1cc(=O)n(CCN2CCCOC(C)C2)c(=O)[nH]1. The van der Waals surface area contributed by atoms with Crippen molar-refractivity contribution in [3.8, 4) is 0 Å². The summed E-state index contributed by atoms with van der Waals surface area (Å²) in [6.45, 7) is 7.44. The van der Waals surface area contributed by atoms with Crippen LogP contribution in [-0.4, -0.2) is 46.8 Å². The van der Waals surface area contributed by atoms with Crippen LogP contribution < -0.4 is 11.2 Å². The summed E-state index contributed by atoms with van der Waals surface area (Å²) < 4.78 is 6.82. The molecule has 1 atom stereocenters. The maximum atomic E-state index is 11.8. The van der Waals surface area contributed by atoms with Gasteiger partial charge in [0.25, 0.3) is 5.56 Å². The lowest BCUT2D eigenvalue weighted by atomic mass is 10.3. The summed E-state index contributed by atoms with van der Waals surface area (Å²) in [5.41, 5.74) is 0.0348. The largest absolute Gasteiger partial charge is 0.377 e. The minimum atomic E-state index is -0.330. The molecule has 19 heavy (non-hydrogen) atoms. The smallest absolute Gasteiger partial charge is 0.328 e. The Kier molecular flexibility index (Phi) is 4.55. The molecule has 0 aliphatic carbocycles. The number of nitrogens with zero attached hydrogens (tertiary/aromatic N) is 2. The number of aromatic nitrogens is 2. The monoisotopic (exact) mass is 267 g/mol. The summed E-state index contributed by atoms with van der Waals surface area (Å²) in [7, 11) is 0. The van der Waals surface area contributed by atoms with Crippen LogP contribution in [0.1, 0.15) is 19.0 Å². The molecular weight excluding hydrogens is 246 g/mol. The maximum absolute atomic E-state index is 11.8. The summed E-state index contributed by atoms with van der Waals surface area (Å²) in [4.78, 5) is 28.4. The van der Waals surface area contributed by atoms with Crippen LogP contribution in [0.2, 0.25) is 0 Å². The zero-order valence-electron chi connectivity index (χ0n) is 11.5. The summed E-state index contributed by atoms with van der Waals surface area (Å²) >= 11 is 0. The molecule has 1 N–H and O–H groups in total. The fourth-order valence-electron chi connectivity index (χ4n) is 2.37. The highest BCUT2D eigenvalue weighted by atomic mass is 16.5. The van der Waals surface area contributed by atoms with E-state index >= 15 is 0 Å². The quantitative estimate of drug-likeness (QED) is 0.834. The molecule has 1 unspecified atom stereocenters. The van der Waals surface area contributed by atoms with Gasteiger partial charge in [-0.05, 0) is 20.3 Å². The van der Waals surface area contributed by atoms with E-state index in [4.69, 9.17) is 4.74 Å². The Morgan fingerprint density at radius 2 is 2.21 bits per heavy atom. The van der Waals surface area contributed by atoms with Crippen LogP contribution in [0.3, 0.4) is 0 Å². The van der Waals surface area contributed by atoms with Crippen molar-refractivity contribution in [1.29, 1.82) is 0 Å². The third kappa shape index (κ3) is 3.78. The molecule has 106 valence electrons. The molecule has 2 rings (SSSR count). The van der Waals surface area contributed by atoms with Crippen LogP contribution >= 0.6 is 0 Å². The van der Waals surface area contributed by atoms with E-state index in [1.807, 2.05) is 6.92 Å². The maximum Gasteiger partial charge on any atom is 0.328 e. The number of aromatic amines is 1. The van der Waals surface area contributed by atoms with Gasteiger partial charge in [-0.2, -0.15) is 0 Å². The van der Waals surface area contributed by atoms with E-state index in [1.165, 1.54) is 10.6 Å². The second-order valence-corrected chi connectivity index (χ2v) is 5.08. The summed E-state index contributed by atoms with van der Waals surface area (Å²) in [6, 6.07) is 1.45. The molecule has 0 bridgehead atoms. The van der Waals surface area contributed by atoms with Gasteiger partial charge in [-0.25, -0.2) is 4.79 Å². The van der Waals surface area contributed by atoms with Crippen LogP contribution in [0.5, 0.6) is 0 Å². The fourth-order valence-corrected chi connectivity index (χ4v) is 2.37. The van der Waals surface area contributed by atoms with Gasteiger partial charge >= 0.3 is 5.69 Å². The van der Waals surface area contributed by atoms with Crippen LogP contribution in [0.25, 0.3) is 0 Å². The number of ether oxygens (including phenoxy) is 1. The van der Waals surface area contributed by atoms with Crippen molar-refractivity contribution in [2.75, 3.05) is 26.2 Å². The van der Waals surface area contributed by atoms with Crippen molar-refractivity contribution in [2.45, 2.75) is 32.9 Å². The first-order valence-electron chi connectivity index (χ1n) is 6.71. The molecule has 1 fully saturated rings. The average Bonchev–Trinajstić information content (AvgIpc) is 2.52. The number of hydrogen-bond donors (Lipinski definition) is 1. The molecule has 1 aromatic rings. The lowest BCUT2D eigenvalue weighted by Gasteiger charge is -2.21. The Labute approximate surface area is 112 Å². The van der Waals surface area contributed by atoms with E-state index in [0.717, 1.165) is 26.1 Å². The molecule has 0 spiro atoms. The molecule has 1 aliphatic heterocycles. The molecule has 6 nitrogen and oxygen atoms in total. The lowest BCUT2D eigenvalue weighted by molar-refractivity contribution is 0.0672. The Balaban J connectivity index is 2.02. The van der Waals surface area contributed by atoms with Crippen molar-refractivity contribution in [2.24, 2.45) is 0 Å². The van der Waals surface area contributed by atoms with Gasteiger partial charge in [-0.3, -0.25) is 14.3 Å². The standard InChI is InChI=1S/C13H21N3O3/c1-10-8-12(17)16(13(18)14-10)6-5-15-4-3-7-19-11(2)9-15/h8,11H,3-7,9H2,1-2H3,(H,14,18). The zero-order valence-corrected chi connectivity index (χ0v) is 11.5. The number of rotatable bonds is 3. The molecule has 0 aromatic carbocycles. The average molecular weight is 267 g/mol. The Bertz CT molecular complexity index is 503. The van der Waals surface area contributed by atoms with Crippen molar-refractivity contribution in [3.05, 3.63) is 32.6 Å². The summed E-state index contributed by atoms with van der Waals surface area (Å²) in [6.07, 6.45) is 1.19. The van der Waals surface area contributed by atoms with E-state index in [1.54, 1.807) is 6.92 Å². The molecule has 2 heterocycles. The highest BCUT2D eigenvalue weighted by Crippen LogP contribution is 2.04.